The average Bonchev–Trinajstić information content (AvgIpc) is 3.00. The number of aromatic nitrogens is 2. The van der Waals surface area contributed by atoms with Crippen molar-refractivity contribution in [1.29, 1.82) is 0 Å². The Hall–Kier alpha value is -1.16. The Balaban J connectivity index is 1.59. The molecule has 2 heterocycles. The second-order valence-electron chi connectivity index (χ2n) is 4.72. The molecule has 0 unspecified atom stereocenters. The molecule has 1 N–H and O–H groups in total. The van der Waals surface area contributed by atoms with Crippen molar-refractivity contribution in [2.45, 2.75) is 38.3 Å². The van der Waals surface area contributed by atoms with E-state index >= 15 is 0 Å². The third-order valence-electron chi connectivity index (χ3n) is 3.27. The highest BCUT2D eigenvalue weighted by molar-refractivity contribution is 5.36. The molecule has 2 fully saturated rings. The van der Waals surface area contributed by atoms with Crippen molar-refractivity contribution >= 4 is 5.82 Å². The average molecular weight is 218 g/mol. The van der Waals surface area contributed by atoms with Crippen LogP contribution < -0.4 is 10.2 Å². The molecule has 2 aliphatic rings. The molecule has 1 saturated carbocycles. The van der Waals surface area contributed by atoms with E-state index in [1.807, 2.05) is 12.4 Å². The van der Waals surface area contributed by atoms with Gasteiger partial charge >= 0.3 is 0 Å². The molecule has 0 bridgehead atoms. The summed E-state index contributed by atoms with van der Waals surface area (Å²) < 4.78 is 0. The summed E-state index contributed by atoms with van der Waals surface area (Å²) in [4.78, 5) is 11.2. The molecular weight excluding hydrogens is 200 g/mol. The fraction of sp³-hybridized carbons (Fsp3) is 0.667. The number of nitrogens with one attached hydrogen (secondary N) is 1. The second-order valence-corrected chi connectivity index (χ2v) is 4.72. The van der Waals surface area contributed by atoms with Crippen LogP contribution in [0.1, 0.15) is 31.4 Å². The minimum absolute atomic E-state index is 0.736. The molecule has 1 aliphatic heterocycles. The first-order valence-electron chi connectivity index (χ1n) is 6.21. The predicted octanol–water partition coefficient (Wildman–Crippen LogP) is 1.33. The molecule has 0 atom stereocenters. The lowest BCUT2D eigenvalue weighted by atomic mass is 10.4. The molecule has 0 radical (unpaired) electrons. The molecule has 1 aromatic rings. The molecule has 1 aromatic heterocycles. The quantitative estimate of drug-likeness (QED) is 0.827. The van der Waals surface area contributed by atoms with Crippen LogP contribution in [-0.2, 0) is 6.54 Å². The lowest BCUT2D eigenvalue weighted by molar-refractivity contribution is 0.671. The number of anilines is 1. The molecule has 0 aromatic carbocycles. The van der Waals surface area contributed by atoms with Gasteiger partial charge in [-0.3, -0.25) is 4.98 Å². The molecule has 1 aliphatic carbocycles. The van der Waals surface area contributed by atoms with Gasteiger partial charge < -0.3 is 10.2 Å². The maximum atomic E-state index is 4.48. The van der Waals surface area contributed by atoms with E-state index in [0.29, 0.717) is 0 Å². The lowest BCUT2D eigenvalue weighted by Crippen LogP contribution is -2.20. The van der Waals surface area contributed by atoms with Crippen LogP contribution in [-0.4, -0.2) is 29.1 Å². The molecule has 3 rings (SSSR count). The fourth-order valence-electron chi connectivity index (χ4n) is 2.09. The second kappa shape index (κ2) is 4.37. The molecule has 0 amide bonds. The van der Waals surface area contributed by atoms with Crippen LogP contribution in [0.3, 0.4) is 0 Å². The SMILES string of the molecule is c1nc(N2CCCC2)cnc1CNC1CC1. The zero-order valence-corrected chi connectivity index (χ0v) is 9.52. The highest BCUT2D eigenvalue weighted by Crippen LogP contribution is 2.19. The maximum absolute atomic E-state index is 4.48. The summed E-state index contributed by atoms with van der Waals surface area (Å²) in [5.74, 6) is 1.03. The Morgan fingerprint density at radius 1 is 1.19 bits per heavy atom. The topological polar surface area (TPSA) is 41.1 Å². The van der Waals surface area contributed by atoms with E-state index in [1.165, 1.54) is 25.7 Å². The number of hydrogen-bond acceptors (Lipinski definition) is 4. The molecule has 16 heavy (non-hydrogen) atoms. The minimum Gasteiger partial charge on any atom is -0.355 e. The molecule has 4 heteroatoms. The molecule has 0 spiro atoms. The van der Waals surface area contributed by atoms with E-state index in [2.05, 4.69) is 20.2 Å². The lowest BCUT2D eigenvalue weighted by Gasteiger charge is -2.15. The van der Waals surface area contributed by atoms with Gasteiger partial charge in [-0.25, -0.2) is 4.98 Å². The van der Waals surface area contributed by atoms with Gasteiger partial charge in [-0.15, -0.1) is 0 Å². The van der Waals surface area contributed by atoms with Crippen molar-refractivity contribution in [2.75, 3.05) is 18.0 Å². The zero-order chi connectivity index (χ0) is 10.8. The van der Waals surface area contributed by atoms with Gasteiger partial charge in [0.15, 0.2) is 0 Å². The minimum atomic E-state index is 0.736. The van der Waals surface area contributed by atoms with Gasteiger partial charge in [0.25, 0.3) is 0 Å². The normalized spacial score (nSPS) is 20.4. The van der Waals surface area contributed by atoms with Gasteiger partial charge in [-0.1, -0.05) is 0 Å². The standard InChI is InChI=1S/C12H18N4/c1-2-6-16(5-1)12-9-14-11(8-15-12)7-13-10-3-4-10/h8-10,13H,1-7H2. The largest absolute Gasteiger partial charge is 0.355 e. The Labute approximate surface area is 96.1 Å². The third-order valence-corrected chi connectivity index (χ3v) is 3.27. The van der Waals surface area contributed by atoms with Crippen molar-refractivity contribution in [3.8, 4) is 0 Å². The van der Waals surface area contributed by atoms with Gasteiger partial charge in [0, 0.05) is 25.7 Å². The van der Waals surface area contributed by atoms with Crippen molar-refractivity contribution in [3.63, 3.8) is 0 Å². The molecule has 86 valence electrons. The van der Waals surface area contributed by atoms with Crippen LogP contribution >= 0.6 is 0 Å². The maximum Gasteiger partial charge on any atom is 0.147 e. The fourth-order valence-corrected chi connectivity index (χ4v) is 2.09. The molecule has 4 nitrogen and oxygen atoms in total. The Bertz CT molecular complexity index is 339. The highest BCUT2D eigenvalue weighted by atomic mass is 15.2. The summed E-state index contributed by atoms with van der Waals surface area (Å²) in [6.45, 7) is 3.13. The van der Waals surface area contributed by atoms with E-state index in [4.69, 9.17) is 0 Å². The summed E-state index contributed by atoms with van der Waals surface area (Å²) in [6, 6.07) is 0.736. The first-order valence-corrected chi connectivity index (χ1v) is 6.21. The number of hydrogen-bond donors (Lipinski definition) is 1. The highest BCUT2D eigenvalue weighted by Gasteiger charge is 2.20. The Morgan fingerprint density at radius 3 is 2.62 bits per heavy atom. The van der Waals surface area contributed by atoms with E-state index in [9.17, 15) is 0 Å². The summed E-state index contributed by atoms with van der Waals surface area (Å²) in [5.41, 5.74) is 1.05. The van der Waals surface area contributed by atoms with Gasteiger partial charge in [-0.05, 0) is 25.7 Å². The molecular formula is C12H18N4. The van der Waals surface area contributed by atoms with E-state index in [1.54, 1.807) is 0 Å². The smallest absolute Gasteiger partial charge is 0.147 e. The van der Waals surface area contributed by atoms with Gasteiger partial charge in [-0.2, -0.15) is 0 Å². The Morgan fingerprint density at radius 2 is 2.00 bits per heavy atom. The first-order chi connectivity index (χ1) is 7.92. The van der Waals surface area contributed by atoms with Crippen LogP contribution in [0, 0.1) is 0 Å². The van der Waals surface area contributed by atoms with E-state index < -0.39 is 0 Å². The monoisotopic (exact) mass is 218 g/mol. The first kappa shape index (κ1) is 10.0. The zero-order valence-electron chi connectivity index (χ0n) is 9.52. The van der Waals surface area contributed by atoms with Crippen molar-refractivity contribution in [3.05, 3.63) is 18.1 Å². The van der Waals surface area contributed by atoms with Gasteiger partial charge in [0.1, 0.15) is 5.82 Å². The van der Waals surface area contributed by atoms with Crippen LogP contribution in [0.2, 0.25) is 0 Å². The van der Waals surface area contributed by atoms with E-state index in [0.717, 1.165) is 37.2 Å². The summed E-state index contributed by atoms with van der Waals surface area (Å²) in [5, 5.41) is 3.45. The summed E-state index contributed by atoms with van der Waals surface area (Å²) >= 11 is 0. The van der Waals surface area contributed by atoms with Crippen LogP contribution in [0.15, 0.2) is 12.4 Å². The Kier molecular flexibility index (Phi) is 2.74. The van der Waals surface area contributed by atoms with Gasteiger partial charge in [0.05, 0.1) is 18.1 Å². The number of nitrogens with zero attached hydrogens (tertiary/aromatic N) is 3. The van der Waals surface area contributed by atoms with Crippen LogP contribution in [0.25, 0.3) is 0 Å². The molecule has 1 saturated heterocycles. The van der Waals surface area contributed by atoms with E-state index in [-0.39, 0.29) is 0 Å². The third kappa shape index (κ3) is 2.32. The van der Waals surface area contributed by atoms with Crippen molar-refractivity contribution in [1.82, 2.24) is 15.3 Å². The van der Waals surface area contributed by atoms with Crippen LogP contribution in [0.4, 0.5) is 5.82 Å². The number of rotatable bonds is 4. The van der Waals surface area contributed by atoms with Crippen LogP contribution in [0.5, 0.6) is 0 Å². The summed E-state index contributed by atoms with van der Waals surface area (Å²) in [7, 11) is 0. The summed E-state index contributed by atoms with van der Waals surface area (Å²) in [6.07, 6.45) is 9.02. The van der Waals surface area contributed by atoms with Gasteiger partial charge in [0.2, 0.25) is 0 Å². The van der Waals surface area contributed by atoms with Crippen molar-refractivity contribution < 1.29 is 0 Å². The predicted molar refractivity (Wildman–Crippen MR) is 63.3 cm³/mol. The van der Waals surface area contributed by atoms with Crippen molar-refractivity contribution in [2.24, 2.45) is 0 Å².